The fourth-order valence-corrected chi connectivity index (χ4v) is 7.40. The summed E-state index contributed by atoms with van der Waals surface area (Å²) in [6.07, 6.45) is 17.1. The van der Waals surface area contributed by atoms with Gasteiger partial charge in [0.15, 0.2) is 0 Å². The molecule has 0 aromatic heterocycles. The predicted octanol–water partition coefficient (Wildman–Crippen LogP) is 6.88. The van der Waals surface area contributed by atoms with Crippen LogP contribution in [-0.4, -0.2) is 33.1 Å². The Balaban J connectivity index is 1.62. The van der Waals surface area contributed by atoms with Crippen molar-refractivity contribution in [3.8, 4) is 0 Å². The van der Waals surface area contributed by atoms with Crippen LogP contribution in [0.15, 0.2) is 35.5 Å². The van der Waals surface area contributed by atoms with Crippen molar-refractivity contribution in [1.29, 1.82) is 0 Å². The summed E-state index contributed by atoms with van der Waals surface area (Å²) < 4.78 is 0. The quantitative estimate of drug-likeness (QED) is 0.330. The van der Waals surface area contributed by atoms with Crippen molar-refractivity contribution in [2.75, 3.05) is 0 Å². The molecule has 6 atom stereocenters. The second kappa shape index (κ2) is 11.2. The molecular weight excluding hydrogens is 408 g/mol. The standard InChI is InChI=1S/C30H50O3/c1-6-30(33,7-2)18-9-8-11-21(3)26-15-16-27-23(12-10-17-29(26,27)5)13-14-24-19-25(31)20-28(32)22(24)4/h13-14,21,25-28,31-33H,4,6-12,15-20H2,1-3,5H3/b23-13+,24-14-/t21-,25-,26?,27?,28+,29?/m1/s1. The third-order valence-corrected chi connectivity index (χ3v) is 9.86. The maximum Gasteiger partial charge on any atom is 0.0811 e. The number of aliphatic hydroxyl groups excluding tert-OH is 2. The largest absolute Gasteiger partial charge is 0.393 e. The Labute approximate surface area is 203 Å². The second-order valence-electron chi connectivity index (χ2n) is 11.8. The molecule has 3 unspecified atom stereocenters. The van der Waals surface area contributed by atoms with Crippen LogP contribution in [0.1, 0.15) is 111 Å². The van der Waals surface area contributed by atoms with Crippen molar-refractivity contribution in [1.82, 2.24) is 0 Å². The molecule has 0 aliphatic heterocycles. The number of hydrogen-bond donors (Lipinski definition) is 3. The Kier molecular flexibility index (Phi) is 9.08. The highest BCUT2D eigenvalue weighted by Gasteiger charge is 2.50. The minimum Gasteiger partial charge on any atom is -0.393 e. The molecule has 0 heterocycles. The second-order valence-corrected chi connectivity index (χ2v) is 11.8. The van der Waals surface area contributed by atoms with Crippen molar-refractivity contribution in [3.05, 3.63) is 35.5 Å². The van der Waals surface area contributed by atoms with E-state index >= 15 is 0 Å². The molecule has 0 aromatic carbocycles. The van der Waals surface area contributed by atoms with Crippen molar-refractivity contribution in [2.24, 2.45) is 23.2 Å². The summed E-state index contributed by atoms with van der Waals surface area (Å²) in [5.74, 6) is 2.17. The Morgan fingerprint density at radius 2 is 1.88 bits per heavy atom. The average Bonchev–Trinajstić information content (AvgIpc) is 3.15. The number of unbranched alkanes of at least 4 members (excludes halogenated alkanes) is 1. The highest BCUT2D eigenvalue weighted by Crippen LogP contribution is 2.60. The van der Waals surface area contributed by atoms with Crippen LogP contribution in [0.25, 0.3) is 0 Å². The van der Waals surface area contributed by atoms with Gasteiger partial charge in [-0.2, -0.15) is 0 Å². The predicted molar refractivity (Wildman–Crippen MR) is 138 cm³/mol. The molecule has 3 nitrogen and oxygen atoms in total. The van der Waals surface area contributed by atoms with Gasteiger partial charge in [-0.15, -0.1) is 0 Å². The van der Waals surface area contributed by atoms with Gasteiger partial charge in [-0.25, -0.2) is 0 Å². The number of aliphatic hydroxyl groups is 3. The van der Waals surface area contributed by atoms with E-state index in [0.717, 1.165) is 48.7 Å². The molecule has 188 valence electrons. The molecule has 0 radical (unpaired) electrons. The summed E-state index contributed by atoms with van der Waals surface area (Å²) in [5.41, 5.74) is 3.30. The first-order valence-electron chi connectivity index (χ1n) is 13.8. The zero-order chi connectivity index (χ0) is 24.2. The lowest BCUT2D eigenvalue weighted by molar-refractivity contribution is 0.0202. The number of fused-ring (bicyclic) bond motifs is 1. The molecule has 3 heteroatoms. The first-order chi connectivity index (χ1) is 15.6. The van der Waals surface area contributed by atoms with Gasteiger partial charge in [-0.05, 0) is 92.1 Å². The van der Waals surface area contributed by atoms with Gasteiger partial charge in [-0.1, -0.05) is 71.3 Å². The molecule has 3 fully saturated rings. The first kappa shape index (κ1) is 26.7. The third kappa shape index (κ3) is 6.03. The number of hydrogen-bond acceptors (Lipinski definition) is 3. The van der Waals surface area contributed by atoms with Crippen LogP contribution in [0.2, 0.25) is 0 Å². The molecule has 0 saturated heterocycles. The fraction of sp³-hybridized carbons (Fsp3) is 0.800. The molecular formula is C30H50O3. The maximum absolute atomic E-state index is 10.6. The van der Waals surface area contributed by atoms with Crippen molar-refractivity contribution in [3.63, 3.8) is 0 Å². The molecule has 33 heavy (non-hydrogen) atoms. The lowest BCUT2D eigenvalue weighted by atomic mass is 9.60. The van der Waals surface area contributed by atoms with Crippen molar-refractivity contribution in [2.45, 2.75) is 129 Å². The van der Waals surface area contributed by atoms with Crippen LogP contribution in [0.3, 0.4) is 0 Å². The van der Waals surface area contributed by atoms with E-state index in [0.29, 0.717) is 24.2 Å². The lowest BCUT2D eigenvalue weighted by Crippen LogP contribution is -2.36. The molecule has 0 amide bonds. The Morgan fingerprint density at radius 1 is 1.15 bits per heavy atom. The monoisotopic (exact) mass is 458 g/mol. The molecule has 3 aliphatic rings. The zero-order valence-corrected chi connectivity index (χ0v) is 21.8. The molecule has 0 spiro atoms. The average molecular weight is 459 g/mol. The van der Waals surface area contributed by atoms with E-state index in [1.54, 1.807) is 5.57 Å². The van der Waals surface area contributed by atoms with Gasteiger partial charge < -0.3 is 15.3 Å². The number of rotatable bonds is 9. The minimum atomic E-state index is -0.614. The highest BCUT2D eigenvalue weighted by atomic mass is 16.3. The Bertz CT molecular complexity index is 731. The highest BCUT2D eigenvalue weighted by molar-refractivity contribution is 5.38. The normalized spacial score (nSPS) is 36.4. The van der Waals surface area contributed by atoms with E-state index < -0.39 is 17.8 Å². The third-order valence-electron chi connectivity index (χ3n) is 9.86. The van der Waals surface area contributed by atoms with E-state index in [1.165, 1.54) is 44.9 Å². The molecule has 3 N–H and O–H groups in total. The van der Waals surface area contributed by atoms with Crippen molar-refractivity contribution < 1.29 is 15.3 Å². The molecule has 0 bridgehead atoms. The van der Waals surface area contributed by atoms with E-state index in [4.69, 9.17) is 0 Å². The van der Waals surface area contributed by atoms with E-state index in [1.807, 2.05) is 0 Å². The first-order valence-corrected chi connectivity index (χ1v) is 13.8. The smallest absolute Gasteiger partial charge is 0.0811 e. The summed E-state index contributed by atoms with van der Waals surface area (Å²) >= 11 is 0. The van der Waals surface area contributed by atoms with Gasteiger partial charge in [0.05, 0.1) is 17.8 Å². The van der Waals surface area contributed by atoms with Crippen molar-refractivity contribution >= 4 is 0 Å². The molecule has 0 aromatic rings. The van der Waals surface area contributed by atoms with E-state index in [-0.39, 0.29) is 0 Å². The van der Waals surface area contributed by atoms with Gasteiger partial charge in [0, 0.05) is 6.42 Å². The number of allylic oxidation sites excluding steroid dienone is 3. The molecule has 3 rings (SSSR count). The molecule has 3 aliphatic carbocycles. The summed E-state index contributed by atoms with van der Waals surface area (Å²) in [5, 5.41) is 30.8. The zero-order valence-electron chi connectivity index (χ0n) is 21.8. The van der Waals surface area contributed by atoms with Crippen LogP contribution in [-0.2, 0) is 0 Å². The van der Waals surface area contributed by atoms with Crippen LogP contribution in [0.5, 0.6) is 0 Å². The SMILES string of the molecule is C=C1/C(=C\C=C2/CCCC3(C)C2CCC3[C@H](C)CCCCC(O)(CC)CC)C[C@@H](O)C[C@@H]1O. The summed E-state index contributed by atoms with van der Waals surface area (Å²) in [7, 11) is 0. The van der Waals surface area contributed by atoms with Crippen LogP contribution >= 0.6 is 0 Å². The van der Waals surface area contributed by atoms with Crippen LogP contribution in [0, 0.1) is 23.2 Å². The van der Waals surface area contributed by atoms with Gasteiger partial charge in [0.2, 0.25) is 0 Å². The maximum atomic E-state index is 10.6. The Morgan fingerprint density at radius 3 is 2.58 bits per heavy atom. The fourth-order valence-electron chi connectivity index (χ4n) is 7.40. The topological polar surface area (TPSA) is 60.7 Å². The van der Waals surface area contributed by atoms with Crippen LogP contribution < -0.4 is 0 Å². The van der Waals surface area contributed by atoms with Gasteiger partial charge in [0.25, 0.3) is 0 Å². The lowest BCUT2D eigenvalue weighted by Gasteiger charge is -2.44. The van der Waals surface area contributed by atoms with E-state index in [2.05, 4.69) is 46.4 Å². The summed E-state index contributed by atoms with van der Waals surface area (Å²) in [4.78, 5) is 0. The summed E-state index contributed by atoms with van der Waals surface area (Å²) in [6, 6.07) is 0. The van der Waals surface area contributed by atoms with Crippen LogP contribution in [0.4, 0.5) is 0 Å². The Hall–Kier alpha value is -0.900. The van der Waals surface area contributed by atoms with Gasteiger partial charge in [0.1, 0.15) is 0 Å². The van der Waals surface area contributed by atoms with Gasteiger partial charge >= 0.3 is 0 Å². The van der Waals surface area contributed by atoms with E-state index in [9.17, 15) is 15.3 Å². The van der Waals surface area contributed by atoms with Gasteiger partial charge in [-0.3, -0.25) is 0 Å². The summed E-state index contributed by atoms with van der Waals surface area (Å²) in [6.45, 7) is 13.3. The minimum absolute atomic E-state index is 0.387. The molecule has 3 saturated carbocycles.